The summed E-state index contributed by atoms with van der Waals surface area (Å²) in [5.74, 6) is -0.280. The SMILES string of the molecule is CCN(CC)S(=O)(=O)c1ccc(=O)n(CC(=O)N2CCN(c3ccc([N+](=O)[O-])cc3)CC2)c1. The zero-order valence-corrected chi connectivity index (χ0v) is 19.4. The summed E-state index contributed by atoms with van der Waals surface area (Å²) in [5.41, 5.74) is 0.396. The first-order valence-corrected chi connectivity index (χ1v) is 12.1. The summed E-state index contributed by atoms with van der Waals surface area (Å²) in [5, 5.41) is 10.8. The summed E-state index contributed by atoms with van der Waals surface area (Å²) in [4.78, 5) is 39.0. The van der Waals surface area contributed by atoms with Crippen LogP contribution >= 0.6 is 0 Å². The number of amides is 1. The molecule has 0 radical (unpaired) electrons. The average Bonchev–Trinajstić information content (AvgIpc) is 2.81. The second kappa shape index (κ2) is 10.1. The van der Waals surface area contributed by atoms with E-state index in [4.69, 9.17) is 0 Å². The molecule has 0 saturated carbocycles. The average molecular weight is 478 g/mol. The van der Waals surface area contributed by atoms with E-state index in [0.717, 1.165) is 16.3 Å². The number of piperazine rings is 1. The van der Waals surface area contributed by atoms with Crippen LogP contribution in [0, 0.1) is 10.1 Å². The molecule has 0 spiro atoms. The van der Waals surface area contributed by atoms with Gasteiger partial charge in [0.05, 0.1) is 9.82 Å². The number of nitro groups is 1. The minimum absolute atomic E-state index is 0.0169. The summed E-state index contributed by atoms with van der Waals surface area (Å²) < 4.78 is 27.9. The third-order valence-corrected chi connectivity index (χ3v) is 7.70. The first-order valence-electron chi connectivity index (χ1n) is 10.6. The van der Waals surface area contributed by atoms with Crippen LogP contribution in [-0.2, 0) is 21.4 Å². The molecule has 33 heavy (non-hydrogen) atoms. The molecule has 0 unspecified atom stereocenters. The molecule has 2 heterocycles. The number of nitro benzene ring substituents is 1. The van der Waals surface area contributed by atoms with Crippen molar-refractivity contribution in [1.29, 1.82) is 0 Å². The third kappa shape index (κ3) is 5.40. The number of sulfonamides is 1. The fourth-order valence-electron chi connectivity index (χ4n) is 3.74. The maximum absolute atomic E-state index is 12.8. The number of carbonyl (C=O) groups is 1. The molecule has 178 valence electrons. The van der Waals surface area contributed by atoms with Crippen LogP contribution < -0.4 is 10.5 Å². The van der Waals surface area contributed by atoms with Crippen LogP contribution in [0.2, 0.25) is 0 Å². The van der Waals surface area contributed by atoms with Crippen LogP contribution in [0.3, 0.4) is 0 Å². The molecule has 1 saturated heterocycles. The Morgan fingerprint density at radius 2 is 1.64 bits per heavy atom. The summed E-state index contributed by atoms with van der Waals surface area (Å²) in [6.45, 7) is 5.73. The largest absolute Gasteiger partial charge is 0.368 e. The van der Waals surface area contributed by atoms with Crippen molar-refractivity contribution in [3.8, 4) is 0 Å². The fourth-order valence-corrected chi connectivity index (χ4v) is 5.22. The molecule has 2 aromatic rings. The van der Waals surface area contributed by atoms with Gasteiger partial charge in [0, 0.05) is 69.4 Å². The van der Waals surface area contributed by atoms with E-state index in [1.165, 1.54) is 28.7 Å². The van der Waals surface area contributed by atoms with Gasteiger partial charge < -0.3 is 14.4 Å². The first kappa shape index (κ1) is 24.4. The van der Waals surface area contributed by atoms with Gasteiger partial charge in [-0.3, -0.25) is 19.7 Å². The second-order valence-corrected chi connectivity index (χ2v) is 9.50. The number of carbonyl (C=O) groups excluding carboxylic acids is 1. The number of benzene rings is 1. The maximum atomic E-state index is 12.8. The Morgan fingerprint density at radius 1 is 1.03 bits per heavy atom. The van der Waals surface area contributed by atoms with Crippen LogP contribution in [0.5, 0.6) is 0 Å². The van der Waals surface area contributed by atoms with E-state index in [1.54, 1.807) is 30.9 Å². The highest BCUT2D eigenvalue weighted by Gasteiger charge is 2.25. The highest BCUT2D eigenvalue weighted by atomic mass is 32.2. The summed E-state index contributed by atoms with van der Waals surface area (Å²) in [6.07, 6.45) is 1.22. The number of hydrogen-bond donors (Lipinski definition) is 0. The molecule has 0 N–H and O–H groups in total. The zero-order valence-electron chi connectivity index (χ0n) is 18.6. The topological polar surface area (TPSA) is 126 Å². The van der Waals surface area contributed by atoms with E-state index in [-0.39, 0.29) is 23.0 Å². The maximum Gasteiger partial charge on any atom is 0.269 e. The van der Waals surface area contributed by atoms with E-state index < -0.39 is 20.5 Å². The van der Waals surface area contributed by atoms with Crippen molar-refractivity contribution in [2.24, 2.45) is 0 Å². The predicted molar refractivity (Wildman–Crippen MR) is 123 cm³/mol. The van der Waals surface area contributed by atoms with Gasteiger partial charge in [0.2, 0.25) is 15.9 Å². The number of non-ortho nitro benzene ring substituents is 1. The van der Waals surface area contributed by atoms with Crippen molar-refractivity contribution in [3.63, 3.8) is 0 Å². The Hall–Kier alpha value is -3.25. The van der Waals surface area contributed by atoms with Crippen LogP contribution in [-0.4, -0.2) is 72.3 Å². The fraction of sp³-hybridized carbons (Fsp3) is 0.429. The number of aromatic nitrogens is 1. The van der Waals surface area contributed by atoms with Gasteiger partial charge in [0.15, 0.2) is 0 Å². The number of rotatable bonds is 8. The smallest absolute Gasteiger partial charge is 0.269 e. The van der Waals surface area contributed by atoms with E-state index in [9.17, 15) is 28.1 Å². The molecule has 0 atom stereocenters. The molecule has 1 aromatic heterocycles. The van der Waals surface area contributed by atoms with Gasteiger partial charge in [-0.15, -0.1) is 0 Å². The molecular weight excluding hydrogens is 450 g/mol. The van der Waals surface area contributed by atoms with Crippen molar-refractivity contribution in [2.75, 3.05) is 44.2 Å². The number of pyridine rings is 1. The summed E-state index contributed by atoms with van der Waals surface area (Å²) >= 11 is 0. The van der Waals surface area contributed by atoms with Gasteiger partial charge in [-0.2, -0.15) is 4.31 Å². The lowest BCUT2D eigenvalue weighted by Gasteiger charge is -2.36. The van der Waals surface area contributed by atoms with Gasteiger partial charge in [0.1, 0.15) is 6.54 Å². The lowest BCUT2D eigenvalue weighted by molar-refractivity contribution is -0.384. The summed E-state index contributed by atoms with van der Waals surface area (Å²) in [7, 11) is -3.75. The minimum atomic E-state index is -3.75. The number of nitrogens with zero attached hydrogens (tertiary/aromatic N) is 5. The van der Waals surface area contributed by atoms with Gasteiger partial charge >= 0.3 is 0 Å². The Labute approximate surface area is 192 Å². The van der Waals surface area contributed by atoms with Gasteiger partial charge in [-0.1, -0.05) is 13.8 Å². The molecule has 1 aliphatic heterocycles. The predicted octanol–water partition coefficient (Wildman–Crippen LogP) is 1.14. The molecule has 1 aromatic carbocycles. The van der Waals surface area contributed by atoms with Crippen molar-refractivity contribution in [2.45, 2.75) is 25.3 Å². The van der Waals surface area contributed by atoms with Crippen LogP contribution in [0.15, 0.2) is 52.3 Å². The normalized spacial score (nSPS) is 14.5. The van der Waals surface area contributed by atoms with Gasteiger partial charge in [-0.05, 0) is 18.2 Å². The number of hydrogen-bond acceptors (Lipinski definition) is 7. The Kier molecular flexibility index (Phi) is 7.49. The molecule has 0 aliphatic carbocycles. The van der Waals surface area contributed by atoms with E-state index in [1.807, 2.05) is 4.90 Å². The van der Waals surface area contributed by atoms with E-state index >= 15 is 0 Å². The molecular formula is C21H27N5O6S. The first-order chi connectivity index (χ1) is 15.7. The van der Waals surface area contributed by atoms with Crippen molar-refractivity contribution in [1.82, 2.24) is 13.8 Å². The monoisotopic (exact) mass is 477 g/mol. The standard InChI is InChI=1S/C21H27N5O6S/c1-3-25(4-2)33(31,32)19-9-10-20(27)24(15-19)16-21(28)23-13-11-22(12-14-23)17-5-7-18(8-6-17)26(29)30/h5-10,15H,3-4,11-14,16H2,1-2H3. The quantitative estimate of drug-likeness (QED) is 0.412. The van der Waals surface area contributed by atoms with Crippen molar-refractivity contribution < 1.29 is 18.1 Å². The van der Waals surface area contributed by atoms with Gasteiger partial charge in [0.25, 0.3) is 11.2 Å². The molecule has 11 nitrogen and oxygen atoms in total. The van der Waals surface area contributed by atoms with Crippen LogP contribution in [0.25, 0.3) is 0 Å². The Bertz CT molecular complexity index is 1170. The highest BCUT2D eigenvalue weighted by molar-refractivity contribution is 7.89. The molecule has 1 fully saturated rings. The Morgan fingerprint density at radius 3 is 2.18 bits per heavy atom. The van der Waals surface area contributed by atoms with E-state index in [2.05, 4.69) is 0 Å². The minimum Gasteiger partial charge on any atom is -0.368 e. The van der Waals surface area contributed by atoms with Crippen LogP contribution in [0.1, 0.15) is 13.8 Å². The van der Waals surface area contributed by atoms with Gasteiger partial charge in [-0.25, -0.2) is 8.42 Å². The third-order valence-electron chi connectivity index (χ3n) is 5.66. The summed E-state index contributed by atoms with van der Waals surface area (Å²) in [6, 6.07) is 8.67. The van der Waals surface area contributed by atoms with Crippen molar-refractivity contribution >= 4 is 27.3 Å². The molecule has 0 bridgehead atoms. The molecule has 1 amide bonds. The molecule has 1 aliphatic rings. The van der Waals surface area contributed by atoms with Crippen molar-refractivity contribution in [3.05, 3.63) is 63.1 Å². The number of anilines is 1. The lowest BCUT2D eigenvalue weighted by atomic mass is 10.2. The second-order valence-electron chi connectivity index (χ2n) is 7.56. The highest BCUT2D eigenvalue weighted by Crippen LogP contribution is 2.21. The molecule has 3 rings (SSSR count). The zero-order chi connectivity index (χ0) is 24.2. The van der Waals surface area contributed by atoms with Crippen LogP contribution in [0.4, 0.5) is 11.4 Å². The molecule has 12 heteroatoms. The lowest BCUT2D eigenvalue weighted by Crippen LogP contribution is -2.50. The Balaban J connectivity index is 1.66. The van der Waals surface area contributed by atoms with E-state index in [0.29, 0.717) is 39.3 Å².